The van der Waals surface area contributed by atoms with Crippen LogP contribution < -0.4 is 10.2 Å². The van der Waals surface area contributed by atoms with Crippen LogP contribution in [0.25, 0.3) is 0 Å². The lowest BCUT2D eigenvalue weighted by Gasteiger charge is -2.21. The topological polar surface area (TPSA) is 82.5 Å². The number of carboxylic acid groups (broad SMARTS) is 1. The van der Waals surface area contributed by atoms with Gasteiger partial charge in [-0.3, -0.25) is 9.69 Å². The third kappa shape index (κ3) is 2.67. The summed E-state index contributed by atoms with van der Waals surface area (Å²) in [5.74, 6) is -0.0233. The van der Waals surface area contributed by atoms with Gasteiger partial charge in [0.05, 0.1) is 5.69 Å². The third-order valence-electron chi connectivity index (χ3n) is 3.45. The van der Waals surface area contributed by atoms with E-state index in [1.165, 1.54) is 0 Å². The average molecular weight is 362 g/mol. The fraction of sp³-hybridized carbons (Fsp3) is 0.133. The first-order valence-corrected chi connectivity index (χ1v) is 7.39. The molecule has 6 nitrogen and oxygen atoms in total. The summed E-state index contributed by atoms with van der Waals surface area (Å²) in [6.45, 7) is 0. The van der Waals surface area contributed by atoms with E-state index in [1.54, 1.807) is 30.3 Å². The van der Waals surface area contributed by atoms with Crippen molar-refractivity contribution in [2.24, 2.45) is 0 Å². The van der Waals surface area contributed by atoms with E-state index in [-0.39, 0.29) is 0 Å². The molecule has 22 heavy (non-hydrogen) atoms. The molecule has 1 aliphatic heterocycles. The van der Waals surface area contributed by atoms with Gasteiger partial charge in [-0.1, -0.05) is 24.3 Å². The van der Waals surface area contributed by atoms with Crippen LogP contribution in [0.5, 0.6) is 0 Å². The van der Waals surface area contributed by atoms with Crippen LogP contribution in [0.3, 0.4) is 0 Å². The van der Waals surface area contributed by atoms with Gasteiger partial charge in [-0.2, -0.15) is 0 Å². The number of nitrogens with zero attached hydrogens (tertiary/aromatic N) is 2. The SMILES string of the molecule is O=C(Nc1cccc(Br)n1)[C@@H]1Cc2ccccc2N1C(=O)O. The number of benzene rings is 1. The summed E-state index contributed by atoms with van der Waals surface area (Å²) < 4.78 is 0.593. The van der Waals surface area contributed by atoms with Gasteiger partial charge in [0.1, 0.15) is 16.5 Å². The zero-order valence-electron chi connectivity index (χ0n) is 11.4. The second-order valence-electron chi connectivity index (χ2n) is 4.84. The Labute approximate surface area is 134 Å². The van der Waals surface area contributed by atoms with Crippen molar-refractivity contribution in [2.75, 3.05) is 10.2 Å². The molecular formula is C15H12BrN3O3. The van der Waals surface area contributed by atoms with Crippen molar-refractivity contribution in [1.29, 1.82) is 0 Å². The molecule has 0 saturated heterocycles. The Morgan fingerprint density at radius 1 is 1.23 bits per heavy atom. The van der Waals surface area contributed by atoms with Gasteiger partial charge in [-0.05, 0) is 39.7 Å². The van der Waals surface area contributed by atoms with Gasteiger partial charge in [0.15, 0.2) is 0 Å². The van der Waals surface area contributed by atoms with Crippen molar-refractivity contribution in [2.45, 2.75) is 12.5 Å². The van der Waals surface area contributed by atoms with Crippen LogP contribution in [0.4, 0.5) is 16.3 Å². The van der Waals surface area contributed by atoms with Crippen molar-refractivity contribution < 1.29 is 14.7 Å². The molecule has 2 aromatic rings. The lowest BCUT2D eigenvalue weighted by Crippen LogP contribution is -2.45. The first-order valence-electron chi connectivity index (χ1n) is 6.60. The van der Waals surface area contributed by atoms with Gasteiger partial charge in [0, 0.05) is 6.42 Å². The molecule has 1 aromatic heterocycles. The quantitative estimate of drug-likeness (QED) is 0.805. The number of fused-ring (bicyclic) bond motifs is 1. The number of pyridine rings is 1. The van der Waals surface area contributed by atoms with E-state index >= 15 is 0 Å². The smallest absolute Gasteiger partial charge is 0.412 e. The van der Waals surface area contributed by atoms with Gasteiger partial charge in [0.2, 0.25) is 5.91 Å². The Kier molecular flexibility index (Phi) is 3.81. The number of para-hydroxylation sites is 1. The monoisotopic (exact) mass is 361 g/mol. The predicted octanol–water partition coefficient (Wildman–Crippen LogP) is 2.89. The molecule has 2 amide bonds. The van der Waals surface area contributed by atoms with Crippen molar-refractivity contribution in [3.8, 4) is 0 Å². The summed E-state index contributed by atoms with van der Waals surface area (Å²) in [4.78, 5) is 29.2. The maximum Gasteiger partial charge on any atom is 0.412 e. The molecule has 1 aromatic carbocycles. The second kappa shape index (κ2) is 5.76. The Morgan fingerprint density at radius 3 is 2.73 bits per heavy atom. The lowest BCUT2D eigenvalue weighted by molar-refractivity contribution is -0.117. The summed E-state index contributed by atoms with van der Waals surface area (Å²) in [7, 11) is 0. The van der Waals surface area contributed by atoms with Crippen molar-refractivity contribution in [1.82, 2.24) is 4.98 Å². The van der Waals surface area contributed by atoms with E-state index in [9.17, 15) is 14.7 Å². The van der Waals surface area contributed by atoms with Crippen LogP contribution in [0.1, 0.15) is 5.56 Å². The molecular weight excluding hydrogens is 350 g/mol. The number of halogens is 1. The van der Waals surface area contributed by atoms with Crippen LogP contribution in [0.15, 0.2) is 47.1 Å². The minimum Gasteiger partial charge on any atom is -0.465 e. The maximum atomic E-state index is 12.4. The number of anilines is 2. The Hall–Kier alpha value is -2.41. The summed E-state index contributed by atoms with van der Waals surface area (Å²) in [6.07, 6.45) is -0.797. The number of hydrogen-bond acceptors (Lipinski definition) is 3. The number of carbonyl (C=O) groups is 2. The van der Waals surface area contributed by atoms with Gasteiger partial charge >= 0.3 is 6.09 Å². The molecule has 7 heteroatoms. The van der Waals surface area contributed by atoms with Crippen molar-refractivity contribution in [3.05, 3.63) is 52.6 Å². The Bertz CT molecular complexity index is 750. The highest BCUT2D eigenvalue weighted by Crippen LogP contribution is 2.32. The number of carbonyl (C=O) groups excluding carboxylic acids is 1. The highest BCUT2D eigenvalue weighted by atomic mass is 79.9. The highest BCUT2D eigenvalue weighted by Gasteiger charge is 2.38. The molecule has 3 rings (SSSR count). The number of nitrogens with one attached hydrogen (secondary N) is 1. The molecule has 0 aliphatic carbocycles. The fourth-order valence-corrected chi connectivity index (χ4v) is 2.86. The standard InChI is InChI=1S/C15H12BrN3O3/c16-12-6-3-7-13(17-12)18-14(20)11-8-9-4-1-2-5-10(9)19(11)15(21)22/h1-7,11H,8H2,(H,21,22)(H,17,18,20)/t11-/m0/s1. The summed E-state index contributed by atoms with van der Waals surface area (Å²) in [5, 5.41) is 12.1. The van der Waals surface area contributed by atoms with Crippen LogP contribution >= 0.6 is 15.9 Å². The first-order chi connectivity index (χ1) is 10.6. The first kappa shape index (κ1) is 14.5. The fourth-order valence-electron chi connectivity index (χ4n) is 2.52. The van der Waals surface area contributed by atoms with E-state index in [4.69, 9.17) is 0 Å². The summed E-state index contributed by atoms with van der Waals surface area (Å²) >= 11 is 3.23. The molecule has 0 unspecified atom stereocenters. The molecule has 2 heterocycles. The molecule has 1 atom stereocenters. The molecule has 2 N–H and O–H groups in total. The average Bonchev–Trinajstić information content (AvgIpc) is 2.87. The number of aromatic nitrogens is 1. The van der Waals surface area contributed by atoms with E-state index in [2.05, 4.69) is 26.2 Å². The third-order valence-corrected chi connectivity index (χ3v) is 3.89. The Morgan fingerprint density at radius 2 is 2.00 bits per heavy atom. The van der Waals surface area contributed by atoms with Crippen LogP contribution in [0, 0.1) is 0 Å². The molecule has 0 radical (unpaired) electrons. The van der Waals surface area contributed by atoms with E-state index < -0.39 is 18.0 Å². The normalized spacial score (nSPS) is 16.2. The van der Waals surface area contributed by atoms with Gasteiger partial charge < -0.3 is 10.4 Å². The molecule has 0 bridgehead atoms. The maximum absolute atomic E-state index is 12.4. The second-order valence-corrected chi connectivity index (χ2v) is 5.65. The van der Waals surface area contributed by atoms with Crippen LogP contribution in [-0.2, 0) is 11.2 Å². The van der Waals surface area contributed by atoms with Crippen molar-refractivity contribution in [3.63, 3.8) is 0 Å². The largest absolute Gasteiger partial charge is 0.465 e. The molecule has 1 aliphatic rings. The van der Waals surface area contributed by atoms with Crippen LogP contribution in [0.2, 0.25) is 0 Å². The minimum atomic E-state index is -1.15. The molecule has 0 fully saturated rings. The van der Waals surface area contributed by atoms with Crippen molar-refractivity contribution >= 4 is 39.4 Å². The zero-order chi connectivity index (χ0) is 15.7. The van der Waals surface area contributed by atoms with E-state index in [0.29, 0.717) is 22.5 Å². The predicted molar refractivity (Wildman–Crippen MR) is 85.0 cm³/mol. The lowest BCUT2D eigenvalue weighted by atomic mass is 10.1. The van der Waals surface area contributed by atoms with Crippen LogP contribution in [-0.4, -0.2) is 28.1 Å². The molecule has 0 spiro atoms. The van der Waals surface area contributed by atoms with Gasteiger partial charge in [-0.25, -0.2) is 9.78 Å². The number of hydrogen-bond donors (Lipinski definition) is 2. The molecule has 0 saturated carbocycles. The summed E-state index contributed by atoms with van der Waals surface area (Å²) in [5.41, 5.74) is 1.39. The number of amides is 2. The summed E-state index contributed by atoms with van der Waals surface area (Å²) in [6, 6.07) is 11.4. The van der Waals surface area contributed by atoms with E-state index in [1.807, 2.05) is 12.1 Å². The molecule has 112 valence electrons. The number of rotatable bonds is 2. The Balaban J connectivity index is 1.85. The highest BCUT2D eigenvalue weighted by molar-refractivity contribution is 9.10. The minimum absolute atomic E-state index is 0.350. The van der Waals surface area contributed by atoms with E-state index in [0.717, 1.165) is 10.5 Å². The zero-order valence-corrected chi connectivity index (χ0v) is 12.9. The van der Waals surface area contributed by atoms with Gasteiger partial charge in [0.25, 0.3) is 0 Å². The van der Waals surface area contributed by atoms with Gasteiger partial charge in [-0.15, -0.1) is 0 Å².